The third kappa shape index (κ3) is 2.32. The lowest BCUT2D eigenvalue weighted by atomic mass is 10.5. The molecule has 3 nitrogen and oxygen atoms in total. The Balaban J connectivity index is 3.33. The summed E-state index contributed by atoms with van der Waals surface area (Å²) in [4.78, 5) is 3.53. The van der Waals surface area contributed by atoms with Crippen molar-refractivity contribution >= 4 is 47.3 Å². The second kappa shape index (κ2) is 3.49. The Bertz CT molecular complexity index is 406. The first-order valence-electron chi connectivity index (χ1n) is 2.67. The Morgan fingerprint density at radius 3 is 2.50 bits per heavy atom. The van der Waals surface area contributed by atoms with E-state index in [0.717, 1.165) is 0 Å². The van der Waals surface area contributed by atoms with E-state index in [9.17, 15) is 8.42 Å². The smallest absolute Gasteiger partial charge is 0.242 e. The number of hydrogen-bond donors (Lipinski definition) is 0. The maximum absolute atomic E-state index is 10.7. The molecular formula is C5H2BrCl2NO2S. The third-order valence-corrected chi connectivity index (χ3v) is 3.42. The van der Waals surface area contributed by atoms with Crippen molar-refractivity contribution in [2.24, 2.45) is 0 Å². The van der Waals surface area contributed by atoms with E-state index in [-0.39, 0.29) is 5.03 Å². The van der Waals surface area contributed by atoms with E-state index < -0.39 is 9.05 Å². The fourth-order valence-corrected chi connectivity index (χ4v) is 1.79. The third-order valence-electron chi connectivity index (χ3n) is 1.03. The largest absolute Gasteiger partial charge is 0.278 e. The number of halogens is 3. The lowest BCUT2D eigenvalue weighted by Crippen LogP contribution is -1.94. The van der Waals surface area contributed by atoms with Crippen LogP contribution < -0.4 is 0 Å². The van der Waals surface area contributed by atoms with E-state index in [4.69, 9.17) is 22.3 Å². The lowest BCUT2D eigenvalue weighted by Gasteiger charge is -1.97. The minimum atomic E-state index is -3.77. The maximum Gasteiger partial charge on any atom is 0.278 e. The van der Waals surface area contributed by atoms with Gasteiger partial charge in [0.2, 0.25) is 0 Å². The van der Waals surface area contributed by atoms with Crippen molar-refractivity contribution in [3.63, 3.8) is 0 Å². The van der Waals surface area contributed by atoms with Crippen LogP contribution in [0.4, 0.5) is 0 Å². The van der Waals surface area contributed by atoms with Gasteiger partial charge in [-0.1, -0.05) is 11.6 Å². The van der Waals surface area contributed by atoms with Gasteiger partial charge in [0.1, 0.15) is 0 Å². The standard InChI is InChI=1S/C5H2BrCl2NO2S/c6-3-1-5(12(8,10)11)9-2-4(3)7/h1-2H. The summed E-state index contributed by atoms with van der Waals surface area (Å²) in [5.41, 5.74) is 0. The highest BCUT2D eigenvalue weighted by Gasteiger charge is 2.12. The summed E-state index contributed by atoms with van der Waals surface area (Å²) in [7, 11) is 1.26. The molecule has 0 aromatic carbocycles. The van der Waals surface area contributed by atoms with E-state index in [1.807, 2.05) is 0 Å². The van der Waals surface area contributed by atoms with Crippen LogP contribution in [0.15, 0.2) is 21.8 Å². The highest BCUT2D eigenvalue weighted by atomic mass is 79.9. The zero-order valence-corrected chi connectivity index (χ0v) is 9.37. The SMILES string of the molecule is O=S(=O)(Cl)c1cc(Br)c(Cl)cn1. The molecule has 0 unspecified atom stereocenters. The van der Waals surface area contributed by atoms with Gasteiger partial charge in [-0.15, -0.1) is 0 Å². The molecular weight excluding hydrogens is 289 g/mol. The Kier molecular flexibility index (Phi) is 2.98. The number of rotatable bonds is 1. The number of pyridine rings is 1. The van der Waals surface area contributed by atoms with E-state index >= 15 is 0 Å². The first-order chi connectivity index (χ1) is 5.41. The summed E-state index contributed by atoms with van der Waals surface area (Å²) in [6.45, 7) is 0. The molecule has 0 bridgehead atoms. The average molecular weight is 291 g/mol. The van der Waals surface area contributed by atoms with Crippen LogP contribution in [-0.2, 0) is 9.05 Å². The van der Waals surface area contributed by atoms with Crippen LogP contribution in [-0.4, -0.2) is 13.4 Å². The fraction of sp³-hybridized carbons (Fsp3) is 0. The number of nitrogens with zero attached hydrogens (tertiary/aromatic N) is 1. The predicted molar refractivity (Wildman–Crippen MR) is 50.0 cm³/mol. The minimum absolute atomic E-state index is 0.222. The molecule has 12 heavy (non-hydrogen) atoms. The highest BCUT2D eigenvalue weighted by Crippen LogP contribution is 2.24. The van der Waals surface area contributed by atoms with Gasteiger partial charge in [-0.25, -0.2) is 13.4 Å². The Hall–Kier alpha value is 0.160. The fourth-order valence-electron chi connectivity index (χ4n) is 0.530. The zero-order valence-electron chi connectivity index (χ0n) is 5.46. The second-order valence-electron chi connectivity index (χ2n) is 1.87. The Morgan fingerprint density at radius 1 is 1.50 bits per heavy atom. The van der Waals surface area contributed by atoms with Crippen LogP contribution in [0.1, 0.15) is 0 Å². The molecule has 0 spiro atoms. The van der Waals surface area contributed by atoms with Gasteiger partial charge in [-0.2, -0.15) is 0 Å². The molecule has 7 heteroatoms. The van der Waals surface area contributed by atoms with Crippen LogP contribution in [0.25, 0.3) is 0 Å². The quantitative estimate of drug-likeness (QED) is 0.746. The zero-order chi connectivity index (χ0) is 9.35. The average Bonchev–Trinajstić information content (AvgIpc) is 1.92. The van der Waals surface area contributed by atoms with Crippen LogP contribution in [0.3, 0.4) is 0 Å². The predicted octanol–water partition coefficient (Wildman–Crippen LogP) is 2.43. The van der Waals surface area contributed by atoms with Crippen molar-refractivity contribution in [3.05, 3.63) is 21.8 Å². The summed E-state index contributed by atoms with van der Waals surface area (Å²) < 4.78 is 21.9. The number of aromatic nitrogens is 1. The van der Waals surface area contributed by atoms with Crippen molar-refractivity contribution in [2.75, 3.05) is 0 Å². The topological polar surface area (TPSA) is 47.0 Å². The van der Waals surface area contributed by atoms with Crippen molar-refractivity contribution in [1.82, 2.24) is 4.98 Å². The van der Waals surface area contributed by atoms with Gasteiger partial charge in [0.15, 0.2) is 5.03 Å². The van der Waals surface area contributed by atoms with Gasteiger partial charge in [-0.3, -0.25) is 0 Å². The molecule has 0 radical (unpaired) electrons. The molecule has 66 valence electrons. The van der Waals surface area contributed by atoms with Crippen LogP contribution in [0.2, 0.25) is 5.02 Å². The van der Waals surface area contributed by atoms with E-state index in [2.05, 4.69) is 20.9 Å². The molecule has 0 amide bonds. The molecule has 0 aliphatic carbocycles. The molecule has 1 rings (SSSR count). The Labute approximate surface area is 87.3 Å². The lowest BCUT2D eigenvalue weighted by molar-refractivity contribution is 0.606. The van der Waals surface area contributed by atoms with Gasteiger partial charge >= 0.3 is 0 Å². The normalized spacial score (nSPS) is 11.6. The van der Waals surface area contributed by atoms with Gasteiger partial charge in [0.05, 0.1) is 5.02 Å². The maximum atomic E-state index is 10.7. The van der Waals surface area contributed by atoms with Crippen LogP contribution in [0, 0.1) is 0 Å². The van der Waals surface area contributed by atoms with Gasteiger partial charge < -0.3 is 0 Å². The first-order valence-corrected chi connectivity index (χ1v) is 6.15. The summed E-state index contributed by atoms with van der Waals surface area (Å²) in [6.07, 6.45) is 1.21. The molecule has 1 heterocycles. The summed E-state index contributed by atoms with van der Waals surface area (Å²) >= 11 is 8.63. The minimum Gasteiger partial charge on any atom is -0.242 e. The molecule has 1 aromatic heterocycles. The van der Waals surface area contributed by atoms with E-state index in [0.29, 0.717) is 9.50 Å². The molecule has 0 N–H and O–H groups in total. The second-order valence-corrected chi connectivity index (χ2v) is 5.65. The van der Waals surface area contributed by atoms with Crippen molar-refractivity contribution < 1.29 is 8.42 Å². The molecule has 0 aliphatic heterocycles. The highest BCUT2D eigenvalue weighted by molar-refractivity contribution is 9.10. The van der Waals surface area contributed by atoms with Gasteiger partial charge in [0.25, 0.3) is 9.05 Å². The van der Waals surface area contributed by atoms with Crippen LogP contribution in [0.5, 0.6) is 0 Å². The van der Waals surface area contributed by atoms with Crippen molar-refractivity contribution in [3.8, 4) is 0 Å². The molecule has 1 aromatic rings. The summed E-state index contributed by atoms with van der Waals surface area (Å²) in [6, 6.07) is 1.24. The monoisotopic (exact) mass is 289 g/mol. The molecule has 0 saturated carbocycles. The van der Waals surface area contributed by atoms with Crippen molar-refractivity contribution in [2.45, 2.75) is 5.03 Å². The van der Waals surface area contributed by atoms with Gasteiger partial charge in [-0.05, 0) is 22.0 Å². The molecule has 0 aliphatic rings. The van der Waals surface area contributed by atoms with E-state index in [1.54, 1.807) is 0 Å². The van der Waals surface area contributed by atoms with E-state index in [1.165, 1.54) is 12.3 Å². The molecule has 0 saturated heterocycles. The summed E-state index contributed by atoms with van der Waals surface area (Å²) in [5.74, 6) is 0. The first kappa shape index (κ1) is 10.2. The molecule has 0 atom stereocenters. The van der Waals surface area contributed by atoms with Crippen LogP contribution >= 0.6 is 38.2 Å². The molecule has 0 fully saturated rings. The van der Waals surface area contributed by atoms with Gasteiger partial charge in [0, 0.05) is 21.4 Å². The number of hydrogen-bond acceptors (Lipinski definition) is 3. The Morgan fingerprint density at radius 2 is 2.08 bits per heavy atom. The summed E-state index contributed by atoms with van der Waals surface area (Å²) in [5, 5.41) is 0.111. The van der Waals surface area contributed by atoms with Crippen molar-refractivity contribution in [1.29, 1.82) is 0 Å².